The first-order valence-corrected chi connectivity index (χ1v) is 9.08. The number of aromatic nitrogens is 2. The first-order chi connectivity index (χ1) is 13.1. The third-order valence-electron chi connectivity index (χ3n) is 3.58. The number of nitrogens with zero attached hydrogens (tertiary/aromatic N) is 2. The smallest absolute Gasteiger partial charge is 0.275 e. The maximum atomic E-state index is 13.1. The molecule has 0 spiro atoms. The summed E-state index contributed by atoms with van der Waals surface area (Å²) in [6.45, 7) is 7.28. The molecule has 27 heavy (non-hydrogen) atoms. The fourth-order valence-corrected chi connectivity index (χ4v) is 2.36. The molecule has 0 unspecified atom stereocenters. The van der Waals surface area contributed by atoms with E-state index in [9.17, 15) is 9.18 Å². The molecule has 0 aliphatic heterocycles. The van der Waals surface area contributed by atoms with Gasteiger partial charge in [-0.25, -0.2) is 9.07 Å². The normalized spacial score (nSPS) is 11.0. The summed E-state index contributed by atoms with van der Waals surface area (Å²) in [5.41, 5.74) is 0.776. The van der Waals surface area contributed by atoms with Gasteiger partial charge in [0, 0.05) is 13.2 Å². The minimum Gasteiger partial charge on any atom is -0.489 e. The van der Waals surface area contributed by atoms with Crippen molar-refractivity contribution in [3.05, 3.63) is 42.0 Å². The Kier molecular flexibility index (Phi) is 8.22. The van der Waals surface area contributed by atoms with Gasteiger partial charge in [0.1, 0.15) is 5.82 Å². The van der Waals surface area contributed by atoms with Crippen molar-refractivity contribution in [2.24, 2.45) is 0 Å². The van der Waals surface area contributed by atoms with Crippen LogP contribution in [0.25, 0.3) is 5.69 Å². The summed E-state index contributed by atoms with van der Waals surface area (Å²) in [4.78, 5) is 12.6. The van der Waals surface area contributed by atoms with E-state index in [1.54, 1.807) is 18.3 Å². The van der Waals surface area contributed by atoms with Crippen molar-refractivity contribution in [1.82, 2.24) is 15.1 Å². The number of benzene rings is 1. The molecule has 8 heteroatoms. The lowest BCUT2D eigenvalue weighted by atomic mass is 10.3. The number of hydrogen-bond donors (Lipinski definition) is 1. The average Bonchev–Trinajstić information content (AvgIpc) is 3.09. The predicted octanol–water partition coefficient (Wildman–Crippen LogP) is 2.93. The third-order valence-corrected chi connectivity index (χ3v) is 3.58. The van der Waals surface area contributed by atoms with Gasteiger partial charge in [-0.2, -0.15) is 5.10 Å². The van der Waals surface area contributed by atoms with Crippen LogP contribution in [0.15, 0.2) is 30.5 Å². The lowest BCUT2D eigenvalue weighted by Crippen LogP contribution is -2.35. The molecule has 7 nitrogen and oxygen atoms in total. The van der Waals surface area contributed by atoms with E-state index in [-0.39, 0.29) is 18.1 Å². The molecular formula is C19H26FN3O4. The van der Waals surface area contributed by atoms with Crippen LogP contribution >= 0.6 is 0 Å². The Morgan fingerprint density at radius 2 is 1.85 bits per heavy atom. The Balaban J connectivity index is 2.17. The summed E-state index contributed by atoms with van der Waals surface area (Å²) in [5, 5.41) is 7.06. The van der Waals surface area contributed by atoms with Gasteiger partial charge < -0.3 is 19.5 Å². The SMILES string of the molecule is CCCOc1cn(-c2ccc(F)cc2)nc1C(=O)NCC(OCC)OCC. The summed E-state index contributed by atoms with van der Waals surface area (Å²) in [5.74, 6) is -0.376. The van der Waals surface area contributed by atoms with E-state index in [2.05, 4.69) is 10.4 Å². The molecule has 148 valence electrons. The van der Waals surface area contributed by atoms with E-state index in [4.69, 9.17) is 14.2 Å². The number of ether oxygens (including phenoxy) is 3. The standard InChI is InChI=1S/C19H26FN3O4/c1-4-11-27-16-13-23(15-9-7-14(20)8-10-15)22-18(16)19(24)21-12-17(25-5-2)26-6-3/h7-10,13,17H,4-6,11-12H2,1-3H3,(H,21,24). The van der Waals surface area contributed by atoms with Crippen molar-refractivity contribution in [3.8, 4) is 11.4 Å². The van der Waals surface area contributed by atoms with Gasteiger partial charge in [0.05, 0.1) is 25.0 Å². The molecule has 0 radical (unpaired) electrons. The molecular weight excluding hydrogens is 353 g/mol. The number of halogens is 1. The Morgan fingerprint density at radius 1 is 1.19 bits per heavy atom. The van der Waals surface area contributed by atoms with Crippen LogP contribution in [0, 0.1) is 5.82 Å². The van der Waals surface area contributed by atoms with E-state index < -0.39 is 12.2 Å². The van der Waals surface area contributed by atoms with Gasteiger partial charge in [0.15, 0.2) is 17.7 Å². The molecule has 1 heterocycles. The zero-order chi connectivity index (χ0) is 19.6. The lowest BCUT2D eigenvalue weighted by molar-refractivity contribution is -0.131. The van der Waals surface area contributed by atoms with Crippen LogP contribution in [0.2, 0.25) is 0 Å². The van der Waals surface area contributed by atoms with Gasteiger partial charge in [-0.15, -0.1) is 0 Å². The maximum absolute atomic E-state index is 13.1. The van der Waals surface area contributed by atoms with Gasteiger partial charge in [-0.1, -0.05) is 6.92 Å². The Bertz CT molecular complexity index is 712. The Labute approximate surface area is 158 Å². The zero-order valence-corrected chi connectivity index (χ0v) is 15.9. The van der Waals surface area contributed by atoms with Crippen LogP contribution < -0.4 is 10.1 Å². The minimum atomic E-state index is -0.525. The summed E-state index contributed by atoms with van der Waals surface area (Å²) < 4.78 is 31.1. The molecule has 0 saturated carbocycles. The highest BCUT2D eigenvalue weighted by atomic mass is 19.1. The van der Waals surface area contributed by atoms with Crippen LogP contribution in [0.1, 0.15) is 37.7 Å². The highest BCUT2D eigenvalue weighted by molar-refractivity contribution is 5.95. The van der Waals surface area contributed by atoms with Crippen LogP contribution in [0.4, 0.5) is 4.39 Å². The third kappa shape index (κ3) is 6.04. The number of hydrogen-bond acceptors (Lipinski definition) is 5. The summed E-state index contributed by atoms with van der Waals surface area (Å²) in [6, 6.07) is 5.82. The van der Waals surface area contributed by atoms with Gasteiger partial charge >= 0.3 is 0 Å². The van der Waals surface area contributed by atoms with Gasteiger partial charge in [-0.3, -0.25) is 4.79 Å². The fourth-order valence-electron chi connectivity index (χ4n) is 2.36. The van der Waals surface area contributed by atoms with Crippen LogP contribution in [-0.2, 0) is 9.47 Å². The fraction of sp³-hybridized carbons (Fsp3) is 0.474. The number of nitrogens with one attached hydrogen (secondary N) is 1. The quantitative estimate of drug-likeness (QED) is 0.608. The monoisotopic (exact) mass is 379 g/mol. The van der Waals surface area contributed by atoms with E-state index in [1.807, 2.05) is 20.8 Å². The van der Waals surface area contributed by atoms with Crippen molar-refractivity contribution in [1.29, 1.82) is 0 Å². The van der Waals surface area contributed by atoms with Gasteiger partial charge in [0.2, 0.25) is 0 Å². The van der Waals surface area contributed by atoms with Crippen LogP contribution in [0.3, 0.4) is 0 Å². The molecule has 0 aliphatic rings. The summed E-state index contributed by atoms with van der Waals surface area (Å²) in [6.07, 6.45) is 1.88. The Hall–Kier alpha value is -2.45. The van der Waals surface area contributed by atoms with Crippen molar-refractivity contribution in [3.63, 3.8) is 0 Å². The molecule has 1 amide bonds. The Morgan fingerprint density at radius 3 is 2.44 bits per heavy atom. The van der Waals surface area contributed by atoms with Crippen LogP contribution in [0.5, 0.6) is 5.75 Å². The second-order valence-corrected chi connectivity index (χ2v) is 5.66. The molecule has 0 saturated heterocycles. The second-order valence-electron chi connectivity index (χ2n) is 5.66. The lowest BCUT2D eigenvalue weighted by Gasteiger charge is -2.17. The molecule has 1 aromatic heterocycles. The largest absolute Gasteiger partial charge is 0.489 e. The van der Waals surface area contributed by atoms with Crippen molar-refractivity contribution < 1.29 is 23.4 Å². The van der Waals surface area contributed by atoms with Crippen molar-refractivity contribution >= 4 is 5.91 Å². The number of amides is 1. The van der Waals surface area contributed by atoms with E-state index in [1.165, 1.54) is 16.8 Å². The van der Waals surface area contributed by atoms with E-state index >= 15 is 0 Å². The highest BCUT2D eigenvalue weighted by Gasteiger charge is 2.20. The molecule has 0 fully saturated rings. The zero-order valence-electron chi connectivity index (χ0n) is 15.9. The summed E-state index contributed by atoms with van der Waals surface area (Å²) in [7, 11) is 0. The number of carbonyl (C=O) groups is 1. The minimum absolute atomic E-state index is 0.152. The van der Waals surface area contributed by atoms with Crippen LogP contribution in [-0.4, -0.2) is 48.3 Å². The number of rotatable bonds is 11. The van der Waals surface area contributed by atoms with Gasteiger partial charge in [-0.05, 0) is 44.5 Å². The van der Waals surface area contributed by atoms with E-state index in [0.717, 1.165) is 6.42 Å². The molecule has 1 N–H and O–H groups in total. The molecule has 0 atom stereocenters. The topological polar surface area (TPSA) is 74.6 Å². The molecule has 2 aromatic rings. The van der Waals surface area contributed by atoms with Crippen molar-refractivity contribution in [2.45, 2.75) is 33.5 Å². The summed E-state index contributed by atoms with van der Waals surface area (Å²) >= 11 is 0. The highest BCUT2D eigenvalue weighted by Crippen LogP contribution is 2.20. The molecule has 2 rings (SSSR count). The first kappa shape index (κ1) is 20.9. The molecule has 0 aliphatic carbocycles. The maximum Gasteiger partial charge on any atom is 0.275 e. The second kappa shape index (κ2) is 10.6. The van der Waals surface area contributed by atoms with E-state index in [0.29, 0.717) is 31.3 Å². The predicted molar refractivity (Wildman–Crippen MR) is 98.7 cm³/mol. The first-order valence-electron chi connectivity index (χ1n) is 9.08. The number of carbonyl (C=O) groups excluding carboxylic acids is 1. The average molecular weight is 379 g/mol. The van der Waals surface area contributed by atoms with Gasteiger partial charge in [0.25, 0.3) is 5.91 Å². The molecule has 0 bridgehead atoms. The van der Waals surface area contributed by atoms with Crippen molar-refractivity contribution in [2.75, 3.05) is 26.4 Å². The molecule has 1 aromatic carbocycles.